The second-order valence-corrected chi connectivity index (χ2v) is 5.12. The summed E-state index contributed by atoms with van der Waals surface area (Å²) in [5, 5.41) is 12.5. The van der Waals surface area contributed by atoms with Gasteiger partial charge in [0.2, 0.25) is 5.78 Å². The largest absolute Gasteiger partial charge is 0.416 e. The average molecular weight is 361 g/mol. The molecule has 2 aromatic carbocycles. The number of nitrogens with one attached hydrogen (secondary N) is 3. The zero-order valence-electron chi connectivity index (χ0n) is 13.3. The van der Waals surface area contributed by atoms with Crippen LogP contribution in [0.2, 0.25) is 0 Å². The molecular formula is C18H14F3N3O2. The van der Waals surface area contributed by atoms with Crippen molar-refractivity contribution in [1.82, 2.24) is 0 Å². The van der Waals surface area contributed by atoms with Crippen LogP contribution in [0.5, 0.6) is 0 Å². The monoisotopic (exact) mass is 361 g/mol. The molecule has 0 aliphatic rings. The Morgan fingerprint density at radius 1 is 0.962 bits per heavy atom. The van der Waals surface area contributed by atoms with Crippen LogP contribution in [0.15, 0.2) is 66.9 Å². The minimum Gasteiger partial charge on any atom is -0.362 e. The average Bonchev–Trinajstić information content (AvgIpc) is 2.61. The zero-order valence-corrected chi connectivity index (χ0v) is 13.3. The predicted octanol–water partition coefficient (Wildman–Crippen LogP) is 3.86. The molecule has 0 spiro atoms. The standard InChI is InChI=1S/C18H14F3N3O2/c19-18(20,21)12-5-4-8-14(11-12)23-10-9-15(25)16(22)17(26)24-13-6-2-1-3-7-13/h1-11,22-23H,(H,24,26). The van der Waals surface area contributed by atoms with E-state index in [1.165, 1.54) is 12.1 Å². The summed E-state index contributed by atoms with van der Waals surface area (Å²) in [4.78, 5) is 23.6. The lowest BCUT2D eigenvalue weighted by Gasteiger charge is -2.08. The molecule has 0 unspecified atom stereocenters. The Morgan fingerprint density at radius 3 is 2.27 bits per heavy atom. The Labute approximate surface area is 147 Å². The maximum absolute atomic E-state index is 12.6. The predicted molar refractivity (Wildman–Crippen MR) is 92.0 cm³/mol. The molecule has 134 valence electrons. The fourth-order valence-electron chi connectivity index (χ4n) is 1.91. The highest BCUT2D eigenvalue weighted by atomic mass is 19.4. The van der Waals surface area contributed by atoms with Gasteiger partial charge in [0.1, 0.15) is 0 Å². The van der Waals surface area contributed by atoms with Crippen LogP contribution in [-0.4, -0.2) is 17.4 Å². The van der Waals surface area contributed by atoms with Crippen LogP contribution >= 0.6 is 0 Å². The van der Waals surface area contributed by atoms with E-state index in [1.807, 2.05) is 0 Å². The number of benzene rings is 2. The van der Waals surface area contributed by atoms with Crippen molar-refractivity contribution >= 4 is 28.8 Å². The Balaban J connectivity index is 1.94. The first-order valence-corrected chi connectivity index (χ1v) is 7.37. The summed E-state index contributed by atoms with van der Waals surface area (Å²) in [6.07, 6.45) is -2.51. The van der Waals surface area contributed by atoms with Crippen molar-refractivity contribution in [2.45, 2.75) is 6.18 Å². The van der Waals surface area contributed by atoms with Gasteiger partial charge in [-0.1, -0.05) is 24.3 Å². The van der Waals surface area contributed by atoms with Gasteiger partial charge in [-0.05, 0) is 30.3 Å². The van der Waals surface area contributed by atoms with Gasteiger partial charge in [0, 0.05) is 23.7 Å². The summed E-state index contributed by atoms with van der Waals surface area (Å²) in [5.41, 5.74) is -1.08. The molecule has 0 aliphatic heterocycles. The molecule has 0 atom stereocenters. The van der Waals surface area contributed by atoms with Gasteiger partial charge in [-0.15, -0.1) is 0 Å². The van der Waals surface area contributed by atoms with Crippen LogP contribution in [0.1, 0.15) is 5.56 Å². The highest BCUT2D eigenvalue weighted by Crippen LogP contribution is 2.30. The lowest BCUT2D eigenvalue weighted by molar-refractivity contribution is -0.137. The molecule has 0 aromatic heterocycles. The minimum atomic E-state index is -4.48. The molecule has 0 heterocycles. The summed E-state index contributed by atoms with van der Waals surface area (Å²) in [6.45, 7) is 0. The topological polar surface area (TPSA) is 82.1 Å². The highest BCUT2D eigenvalue weighted by Gasteiger charge is 2.30. The molecule has 0 fully saturated rings. The number of hydrogen-bond donors (Lipinski definition) is 3. The molecule has 26 heavy (non-hydrogen) atoms. The number of allylic oxidation sites excluding steroid dienone is 1. The number of carbonyl (C=O) groups excluding carboxylic acids is 2. The normalized spacial score (nSPS) is 11.2. The number of hydrogen-bond acceptors (Lipinski definition) is 4. The molecule has 1 amide bonds. The van der Waals surface area contributed by atoms with Gasteiger partial charge in [-0.25, -0.2) is 0 Å². The van der Waals surface area contributed by atoms with Gasteiger partial charge in [-0.3, -0.25) is 15.0 Å². The molecule has 3 N–H and O–H groups in total. The Hall–Kier alpha value is -3.42. The van der Waals surface area contributed by atoms with Crippen molar-refractivity contribution in [3.05, 3.63) is 72.4 Å². The molecule has 0 aliphatic carbocycles. The second kappa shape index (κ2) is 8.11. The smallest absolute Gasteiger partial charge is 0.362 e. The number of para-hydroxylation sites is 1. The number of anilines is 2. The van der Waals surface area contributed by atoms with Gasteiger partial charge >= 0.3 is 6.18 Å². The van der Waals surface area contributed by atoms with Crippen LogP contribution in [0.4, 0.5) is 24.5 Å². The number of carbonyl (C=O) groups is 2. The third-order valence-electron chi connectivity index (χ3n) is 3.18. The molecule has 2 aromatic rings. The van der Waals surface area contributed by atoms with Crippen molar-refractivity contribution < 1.29 is 22.8 Å². The fraction of sp³-hybridized carbons (Fsp3) is 0.0556. The van der Waals surface area contributed by atoms with Gasteiger partial charge in [0.15, 0.2) is 5.71 Å². The van der Waals surface area contributed by atoms with Crippen molar-refractivity contribution in [2.75, 3.05) is 10.6 Å². The van der Waals surface area contributed by atoms with Crippen LogP contribution in [0.3, 0.4) is 0 Å². The summed E-state index contributed by atoms with van der Waals surface area (Å²) in [5.74, 6) is -1.78. The maximum Gasteiger partial charge on any atom is 0.416 e. The van der Waals surface area contributed by atoms with Crippen LogP contribution in [-0.2, 0) is 15.8 Å². The number of halogens is 3. The van der Waals surface area contributed by atoms with Gasteiger partial charge in [-0.2, -0.15) is 13.2 Å². The van der Waals surface area contributed by atoms with E-state index >= 15 is 0 Å². The number of alkyl halides is 3. The van der Waals surface area contributed by atoms with E-state index in [0.29, 0.717) is 5.69 Å². The molecule has 0 radical (unpaired) electrons. The summed E-state index contributed by atoms with van der Waals surface area (Å²) in [6, 6.07) is 12.7. The van der Waals surface area contributed by atoms with Crippen molar-refractivity contribution in [2.24, 2.45) is 0 Å². The van der Waals surface area contributed by atoms with E-state index in [-0.39, 0.29) is 5.69 Å². The summed E-state index contributed by atoms with van der Waals surface area (Å²) in [7, 11) is 0. The number of rotatable bonds is 6. The second-order valence-electron chi connectivity index (χ2n) is 5.12. The molecule has 0 saturated carbocycles. The first-order chi connectivity index (χ1) is 12.3. The molecule has 5 nitrogen and oxygen atoms in total. The minimum absolute atomic E-state index is 0.115. The third kappa shape index (κ3) is 5.30. The van der Waals surface area contributed by atoms with E-state index < -0.39 is 29.1 Å². The number of amides is 1. The van der Waals surface area contributed by atoms with Crippen molar-refractivity contribution in [3.8, 4) is 0 Å². The Bertz CT molecular complexity index is 846. The summed E-state index contributed by atoms with van der Waals surface area (Å²) >= 11 is 0. The van der Waals surface area contributed by atoms with E-state index in [2.05, 4.69) is 10.6 Å². The molecule has 0 bridgehead atoms. The quantitative estimate of drug-likeness (QED) is 0.415. The van der Waals surface area contributed by atoms with Crippen molar-refractivity contribution in [3.63, 3.8) is 0 Å². The lowest BCUT2D eigenvalue weighted by Crippen LogP contribution is -2.28. The van der Waals surface area contributed by atoms with Gasteiger partial charge < -0.3 is 10.6 Å². The zero-order chi connectivity index (χ0) is 19.2. The first kappa shape index (κ1) is 18.9. The Kier molecular flexibility index (Phi) is 5.90. The lowest BCUT2D eigenvalue weighted by atomic mass is 10.2. The van der Waals surface area contributed by atoms with E-state index in [9.17, 15) is 22.8 Å². The molecule has 0 saturated heterocycles. The SMILES string of the molecule is N=C(C(=O)C=CNc1cccc(C(F)(F)F)c1)C(=O)Nc1ccccc1. The molecule has 2 rings (SSSR count). The van der Waals surface area contributed by atoms with Gasteiger partial charge in [0.25, 0.3) is 5.91 Å². The highest BCUT2D eigenvalue weighted by molar-refractivity contribution is 6.68. The maximum atomic E-state index is 12.6. The first-order valence-electron chi connectivity index (χ1n) is 7.37. The van der Waals surface area contributed by atoms with E-state index in [1.54, 1.807) is 30.3 Å². The summed E-state index contributed by atoms with van der Waals surface area (Å²) < 4.78 is 37.9. The van der Waals surface area contributed by atoms with Crippen LogP contribution < -0.4 is 10.6 Å². The van der Waals surface area contributed by atoms with Crippen molar-refractivity contribution in [1.29, 1.82) is 5.41 Å². The molecular weight excluding hydrogens is 347 g/mol. The van der Waals surface area contributed by atoms with Crippen LogP contribution in [0, 0.1) is 5.41 Å². The number of ketones is 1. The van der Waals surface area contributed by atoms with E-state index in [4.69, 9.17) is 5.41 Å². The Morgan fingerprint density at radius 2 is 1.62 bits per heavy atom. The third-order valence-corrected chi connectivity index (χ3v) is 3.18. The fourth-order valence-corrected chi connectivity index (χ4v) is 1.91. The molecule has 8 heteroatoms. The van der Waals surface area contributed by atoms with Gasteiger partial charge in [0.05, 0.1) is 5.56 Å². The van der Waals surface area contributed by atoms with Crippen LogP contribution in [0.25, 0.3) is 0 Å². The van der Waals surface area contributed by atoms with E-state index in [0.717, 1.165) is 24.4 Å².